The van der Waals surface area contributed by atoms with Gasteiger partial charge in [-0.1, -0.05) is 37.0 Å². The van der Waals surface area contributed by atoms with Gasteiger partial charge in [0.15, 0.2) is 5.75 Å². The Morgan fingerprint density at radius 2 is 1.82 bits per heavy atom. The van der Waals surface area contributed by atoms with Crippen LogP contribution in [0, 0.1) is 5.92 Å². The molecule has 96 valence electrons. The Hall–Kier alpha value is -0.440. The molecule has 0 radical (unpaired) electrons. The molecule has 1 rings (SSSR count). The predicted octanol–water partition coefficient (Wildman–Crippen LogP) is 3.11. The van der Waals surface area contributed by atoms with E-state index in [9.17, 15) is 0 Å². The van der Waals surface area contributed by atoms with Gasteiger partial charge in [-0.3, -0.25) is 0 Å². The lowest BCUT2D eigenvalue weighted by Gasteiger charge is -2.10. The molecule has 0 aromatic heterocycles. The van der Waals surface area contributed by atoms with Crippen molar-refractivity contribution < 1.29 is 10.1 Å². The van der Waals surface area contributed by atoms with Crippen LogP contribution >= 0.6 is 23.2 Å². The van der Waals surface area contributed by atoms with E-state index >= 15 is 0 Å². The van der Waals surface area contributed by atoms with Crippen LogP contribution in [0.15, 0.2) is 12.1 Å². The van der Waals surface area contributed by atoms with Crippen molar-refractivity contribution in [1.82, 2.24) is 0 Å². The van der Waals surface area contributed by atoms with Crippen molar-refractivity contribution in [2.45, 2.75) is 27.3 Å². The standard InChI is InChI=1S/C13H19Cl2NO/c1-4-17-13-11(14)5-10(6-12(13)15)8-16-7-9(2)3/h5-6,9,16H,4,7-8H2,1-3H3/p+1. The summed E-state index contributed by atoms with van der Waals surface area (Å²) in [7, 11) is 0. The summed E-state index contributed by atoms with van der Waals surface area (Å²) in [4.78, 5) is 0. The number of hydrogen-bond donors (Lipinski definition) is 1. The van der Waals surface area contributed by atoms with Crippen LogP contribution in [0.3, 0.4) is 0 Å². The van der Waals surface area contributed by atoms with Crippen molar-refractivity contribution in [3.05, 3.63) is 27.7 Å². The first-order valence-electron chi connectivity index (χ1n) is 5.97. The van der Waals surface area contributed by atoms with Gasteiger partial charge in [-0.25, -0.2) is 0 Å². The van der Waals surface area contributed by atoms with Crippen LogP contribution in [0.25, 0.3) is 0 Å². The lowest BCUT2D eigenvalue weighted by molar-refractivity contribution is -0.675. The Bertz CT molecular complexity index is 343. The molecule has 0 aliphatic carbocycles. The quantitative estimate of drug-likeness (QED) is 0.849. The molecule has 0 saturated heterocycles. The van der Waals surface area contributed by atoms with E-state index in [1.54, 1.807) is 0 Å². The largest absolute Gasteiger partial charge is 0.491 e. The van der Waals surface area contributed by atoms with E-state index < -0.39 is 0 Å². The molecule has 1 aromatic carbocycles. The fourth-order valence-electron chi connectivity index (χ4n) is 1.60. The van der Waals surface area contributed by atoms with Gasteiger partial charge >= 0.3 is 0 Å². The smallest absolute Gasteiger partial charge is 0.156 e. The van der Waals surface area contributed by atoms with Crippen LogP contribution in [-0.2, 0) is 6.54 Å². The molecular formula is C13H20Cl2NO+. The van der Waals surface area contributed by atoms with Gasteiger partial charge in [-0.15, -0.1) is 0 Å². The van der Waals surface area contributed by atoms with Gasteiger partial charge in [0.25, 0.3) is 0 Å². The van der Waals surface area contributed by atoms with Gasteiger partial charge < -0.3 is 10.1 Å². The first kappa shape index (κ1) is 14.6. The summed E-state index contributed by atoms with van der Waals surface area (Å²) in [5.74, 6) is 1.27. The zero-order valence-corrected chi connectivity index (χ0v) is 12.1. The minimum atomic E-state index is 0.568. The van der Waals surface area contributed by atoms with E-state index in [1.807, 2.05) is 19.1 Å². The second-order valence-corrected chi connectivity index (χ2v) is 5.26. The SMILES string of the molecule is CCOc1c(Cl)cc(C[NH2+]CC(C)C)cc1Cl. The normalized spacial score (nSPS) is 10.9. The van der Waals surface area contributed by atoms with Crippen molar-refractivity contribution in [1.29, 1.82) is 0 Å². The Labute approximate surface area is 113 Å². The number of halogens is 2. The van der Waals surface area contributed by atoms with E-state index in [4.69, 9.17) is 27.9 Å². The van der Waals surface area contributed by atoms with Crippen LogP contribution < -0.4 is 10.1 Å². The van der Waals surface area contributed by atoms with Gasteiger partial charge in [0, 0.05) is 11.5 Å². The molecule has 0 aliphatic heterocycles. The van der Waals surface area contributed by atoms with E-state index in [0.717, 1.165) is 18.7 Å². The molecule has 0 unspecified atom stereocenters. The van der Waals surface area contributed by atoms with Crippen molar-refractivity contribution in [2.75, 3.05) is 13.2 Å². The molecule has 1 aromatic rings. The topological polar surface area (TPSA) is 25.8 Å². The van der Waals surface area contributed by atoms with Crippen LogP contribution in [0.1, 0.15) is 26.3 Å². The number of hydrogen-bond acceptors (Lipinski definition) is 1. The highest BCUT2D eigenvalue weighted by molar-refractivity contribution is 6.37. The molecule has 0 bridgehead atoms. The van der Waals surface area contributed by atoms with Gasteiger partial charge in [-0.05, 0) is 19.1 Å². The Kier molecular flexibility index (Phi) is 6.10. The maximum absolute atomic E-state index is 6.13. The summed E-state index contributed by atoms with van der Waals surface area (Å²) < 4.78 is 5.39. The molecule has 0 amide bonds. The zero-order chi connectivity index (χ0) is 12.8. The van der Waals surface area contributed by atoms with Gasteiger partial charge in [0.05, 0.1) is 23.2 Å². The fraction of sp³-hybridized carbons (Fsp3) is 0.538. The number of rotatable bonds is 6. The summed E-state index contributed by atoms with van der Waals surface area (Å²) >= 11 is 12.3. The highest BCUT2D eigenvalue weighted by atomic mass is 35.5. The molecular weight excluding hydrogens is 257 g/mol. The van der Waals surface area contributed by atoms with Crippen LogP contribution in [-0.4, -0.2) is 13.2 Å². The molecule has 0 atom stereocenters. The van der Waals surface area contributed by atoms with Crippen LogP contribution in [0.4, 0.5) is 0 Å². The highest BCUT2D eigenvalue weighted by Crippen LogP contribution is 2.33. The molecule has 0 spiro atoms. The van der Waals surface area contributed by atoms with Gasteiger partial charge in [-0.2, -0.15) is 0 Å². The second-order valence-electron chi connectivity index (χ2n) is 4.44. The van der Waals surface area contributed by atoms with Crippen molar-refractivity contribution in [3.8, 4) is 5.75 Å². The third-order valence-electron chi connectivity index (χ3n) is 2.36. The predicted molar refractivity (Wildman–Crippen MR) is 73.0 cm³/mol. The summed E-state index contributed by atoms with van der Waals surface area (Å²) in [5, 5.41) is 3.44. The Morgan fingerprint density at radius 3 is 2.29 bits per heavy atom. The minimum Gasteiger partial charge on any atom is -0.491 e. The van der Waals surface area contributed by atoms with Crippen molar-refractivity contribution in [2.24, 2.45) is 5.92 Å². The molecule has 0 saturated carbocycles. The Morgan fingerprint density at radius 1 is 1.24 bits per heavy atom. The number of ether oxygens (including phenoxy) is 1. The highest BCUT2D eigenvalue weighted by Gasteiger charge is 2.10. The summed E-state index contributed by atoms with van der Waals surface area (Å²) in [6.45, 7) is 8.88. The average Bonchev–Trinajstić information content (AvgIpc) is 2.23. The van der Waals surface area contributed by atoms with Gasteiger partial charge in [0.1, 0.15) is 6.54 Å². The average molecular weight is 277 g/mol. The monoisotopic (exact) mass is 276 g/mol. The summed E-state index contributed by atoms with van der Waals surface area (Å²) in [5.41, 5.74) is 1.13. The van der Waals surface area contributed by atoms with Crippen LogP contribution in [0.2, 0.25) is 10.0 Å². The van der Waals surface area contributed by atoms with E-state index in [1.165, 1.54) is 0 Å². The summed E-state index contributed by atoms with van der Waals surface area (Å²) in [6.07, 6.45) is 0. The number of benzene rings is 1. The molecule has 17 heavy (non-hydrogen) atoms. The first-order chi connectivity index (χ1) is 8.04. The molecule has 4 heteroatoms. The number of quaternary nitrogens is 1. The lowest BCUT2D eigenvalue weighted by Crippen LogP contribution is -2.83. The van der Waals surface area contributed by atoms with Crippen molar-refractivity contribution in [3.63, 3.8) is 0 Å². The minimum absolute atomic E-state index is 0.568. The van der Waals surface area contributed by atoms with E-state index in [-0.39, 0.29) is 0 Å². The molecule has 0 heterocycles. The third-order valence-corrected chi connectivity index (χ3v) is 2.93. The summed E-state index contributed by atoms with van der Waals surface area (Å²) in [6, 6.07) is 3.85. The zero-order valence-electron chi connectivity index (χ0n) is 10.6. The maximum atomic E-state index is 6.13. The fourth-order valence-corrected chi connectivity index (χ4v) is 2.24. The molecule has 2 nitrogen and oxygen atoms in total. The molecule has 0 aliphatic rings. The first-order valence-corrected chi connectivity index (χ1v) is 6.72. The van der Waals surface area contributed by atoms with Crippen molar-refractivity contribution >= 4 is 23.2 Å². The molecule has 0 fully saturated rings. The van der Waals surface area contributed by atoms with E-state index in [2.05, 4.69) is 19.2 Å². The van der Waals surface area contributed by atoms with Crippen LogP contribution in [0.5, 0.6) is 5.75 Å². The maximum Gasteiger partial charge on any atom is 0.156 e. The van der Waals surface area contributed by atoms with E-state index in [0.29, 0.717) is 28.3 Å². The molecule has 2 N–H and O–H groups in total. The Balaban J connectivity index is 2.69. The number of nitrogens with two attached hydrogens (primary N) is 1. The lowest BCUT2D eigenvalue weighted by atomic mass is 10.2. The third kappa shape index (κ3) is 4.74. The second kappa shape index (κ2) is 7.10. The van der Waals surface area contributed by atoms with Gasteiger partial charge in [0.2, 0.25) is 0 Å².